The van der Waals surface area contributed by atoms with Gasteiger partial charge in [0.1, 0.15) is 18.2 Å². The number of aryl methyl sites for hydroxylation is 1. The average molecular weight is 343 g/mol. The summed E-state index contributed by atoms with van der Waals surface area (Å²) in [6, 6.07) is 7.39. The van der Waals surface area contributed by atoms with E-state index in [1.807, 2.05) is 31.2 Å². The van der Waals surface area contributed by atoms with Gasteiger partial charge in [-0.2, -0.15) is 0 Å². The first-order valence-corrected chi connectivity index (χ1v) is 6.77. The number of rotatable bonds is 4. The van der Waals surface area contributed by atoms with Gasteiger partial charge in [0.2, 0.25) is 0 Å². The van der Waals surface area contributed by atoms with Crippen LogP contribution < -0.4 is 16.0 Å². The molecule has 0 aliphatic heterocycles. The molecule has 0 amide bonds. The van der Waals surface area contributed by atoms with Crippen molar-refractivity contribution in [3.63, 3.8) is 0 Å². The molecule has 6 heteroatoms. The zero-order valence-electron chi connectivity index (χ0n) is 10.3. The van der Waals surface area contributed by atoms with E-state index in [1.165, 1.54) is 0 Å². The number of hydrogen-bond donors (Lipinski definition) is 2. The molecule has 3 N–H and O–H groups in total. The fraction of sp³-hybridized carbons (Fsp3) is 0.154. The molecule has 4 nitrogen and oxygen atoms in total. The van der Waals surface area contributed by atoms with Crippen LogP contribution in [0.15, 0.2) is 34.9 Å². The first-order valence-electron chi connectivity index (χ1n) is 5.60. The Balaban J connectivity index is 2.11. The van der Waals surface area contributed by atoms with Gasteiger partial charge in [-0.1, -0.05) is 11.6 Å². The van der Waals surface area contributed by atoms with Gasteiger partial charge in [-0.3, -0.25) is 0 Å². The lowest BCUT2D eigenvalue weighted by atomic mass is 10.2. The molecule has 0 spiro atoms. The molecule has 0 aliphatic rings. The molecule has 0 saturated carbocycles. The van der Waals surface area contributed by atoms with Gasteiger partial charge in [0.15, 0.2) is 0 Å². The number of anilines is 1. The second kappa shape index (κ2) is 6.23. The van der Waals surface area contributed by atoms with Crippen LogP contribution in [0.5, 0.6) is 5.75 Å². The van der Waals surface area contributed by atoms with Gasteiger partial charge in [-0.25, -0.2) is 10.8 Å². The molecule has 2 rings (SSSR count). The summed E-state index contributed by atoms with van der Waals surface area (Å²) in [6.07, 6.45) is 1.68. The van der Waals surface area contributed by atoms with Crippen LogP contribution in [0.25, 0.3) is 0 Å². The molecular weight excluding hydrogens is 330 g/mol. The number of hydrazine groups is 1. The highest BCUT2D eigenvalue weighted by atomic mass is 79.9. The van der Waals surface area contributed by atoms with Crippen LogP contribution in [-0.4, -0.2) is 4.98 Å². The summed E-state index contributed by atoms with van der Waals surface area (Å²) in [5, 5.41) is 0.729. The number of ether oxygens (including phenoxy) is 1. The maximum Gasteiger partial charge on any atom is 0.140 e. The zero-order valence-corrected chi connectivity index (χ0v) is 12.6. The van der Waals surface area contributed by atoms with Crippen LogP contribution in [-0.2, 0) is 6.61 Å². The molecule has 0 bridgehead atoms. The highest BCUT2D eigenvalue weighted by Gasteiger charge is 2.05. The smallest absolute Gasteiger partial charge is 0.140 e. The van der Waals surface area contributed by atoms with Crippen LogP contribution in [0.1, 0.15) is 11.1 Å². The fourth-order valence-electron chi connectivity index (χ4n) is 1.54. The van der Waals surface area contributed by atoms with Crippen molar-refractivity contribution in [2.24, 2.45) is 5.84 Å². The van der Waals surface area contributed by atoms with Crippen LogP contribution in [0.4, 0.5) is 5.82 Å². The minimum atomic E-state index is 0.416. The Bertz CT molecular complexity index is 592. The van der Waals surface area contributed by atoms with Gasteiger partial charge in [-0.05, 0) is 52.7 Å². The summed E-state index contributed by atoms with van der Waals surface area (Å²) in [7, 11) is 0. The number of halogens is 2. The van der Waals surface area contributed by atoms with Crippen molar-refractivity contribution in [2.45, 2.75) is 13.5 Å². The summed E-state index contributed by atoms with van der Waals surface area (Å²) < 4.78 is 6.60. The maximum atomic E-state index is 5.97. The molecule has 0 unspecified atom stereocenters. The van der Waals surface area contributed by atoms with Crippen molar-refractivity contribution in [1.29, 1.82) is 0 Å². The van der Waals surface area contributed by atoms with E-state index in [9.17, 15) is 0 Å². The molecular formula is C13H13BrClN3O. The van der Waals surface area contributed by atoms with Gasteiger partial charge in [0.25, 0.3) is 0 Å². The highest BCUT2D eigenvalue weighted by molar-refractivity contribution is 9.10. The van der Waals surface area contributed by atoms with E-state index in [-0.39, 0.29) is 0 Å². The molecule has 100 valence electrons. The van der Waals surface area contributed by atoms with Crippen molar-refractivity contribution in [3.8, 4) is 5.75 Å². The van der Waals surface area contributed by atoms with Crippen molar-refractivity contribution >= 4 is 33.3 Å². The molecule has 0 aliphatic carbocycles. The number of aromatic nitrogens is 1. The minimum absolute atomic E-state index is 0.416. The fourth-order valence-corrected chi connectivity index (χ4v) is 1.99. The second-order valence-corrected chi connectivity index (χ2v) is 5.27. The van der Waals surface area contributed by atoms with Crippen LogP contribution in [0.3, 0.4) is 0 Å². The summed E-state index contributed by atoms with van der Waals surface area (Å²) in [6.45, 7) is 2.35. The summed E-state index contributed by atoms with van der Waals surface area (Å²) >= 11 is 9.40. The lowest BCUT2D eigenvalue weighted by molar-refractivity contribution is 0.305. The minimum Gasteiger partial charge on any atom is -0.489 e. The standard InChI is InChI=1S/C13H13BrClN3O/c1-8-4-10(2-3-12(8)15)19-7-9-5-13(18-16)17-6-11(9)14/h2-6H,7,16H2,1H3,(H,17,18). The number of pyridine rings is 1. The van der Waals surface area contributed by atoms with Gasteiger partial charge in [0.05, 0.1) is 0 Å². The van der Waals surface area contributed by atoms with Gasteiger partial charge >= 0.3 is 0 Å². The zero-order chi connectivity index (χ0) is 13.8. The predicted octanol–water partition coefficient (Wildman–Crippen LogP) is 3.67. The largest absolute Gasteiger partial charge is 0.489 e. The number of nitrogens with zero attached hydrogens (tertiary/aromatic N) is 1. The molecule has 0 saturated heterocycles. The number of nitrogen functional groups attached to an aromatic ring is 1. The SMILES string of the molecule is Cc1cc(OCc2cc(NN)ncc2Br)ccc1Cl. The van der Waals surface area contributed by atoms with E-state index in [1.54, 1.807) is 6.20 Å². The number of hydrogen-bond acceptors (Lipinski definition) is 4. The Labute approximate surface area is 125 Å². The van der Waals surface area contributed by atoms with Crippen LogP contribution in [0, 0.1) is 6.92 Å². The Morgan fingerprint density at radius 3 is 2.89 bits per heavy atom. The normalized spacial score (nSPS) is 10.3. The molecule has 1 heterocycles. The van der Waals surface area contributed by atoms with E-state index >= 15 is 0 Å². The summed E-state index contributed by atoms with van der Waals surface area (Å²) in [5.41, 5.74) is 4.44. The quantitative estimate of drug-likeness (QED) is 0.657. The molecule has 1 aromatic carbocycles. The third kappa shape index (κ3) is 3.59. The third-order valence-electron chi connectivity index (χ3n) is 2.61. The molecule has 1 aromatic heterocycles. The molecule has 0 atom stereocenters. The van der Waals surface area contributed by atoms with Crippen molar-refractivity contribution < 1.29 is 4.74 Å². The third-order valence-corrected chi connectivity index (χ3v) is 3.74. The lowest BCUT2D eigenvalue weighted by Crippen LogP contribution is -2.09. The van der Waals surface area contributed by atoms with Gasteiger partial charge in [-0.15, -0.1) is 0 Å². The van der Waals surface area contributed by atoms with Crippen molar-refractivity contribution in [3.05, 3.63) is 51.1 Å². The Morgan fingerprint density at radius 2 is 2.21 bits per heavy atom. The summed E-state index contributed by atoms with van der Waals surface area (Å²) in [5.74, 6) is 6.69. The van der Waals surface area contributed by atoms with Crippen molar-refractivity contribution in [1.82, 2.24) is 4.98 Å². The first kappa shape index (κ1) is 14.1. The van der Waals surface area contributed by atoms with Gasteiger partial charge in [0, 0.05) is 21.3 Å². The van der Waals surface area contributed by atoms with Crippen molar-refractivity contribution in [2.75, 3.05) is 5.43 Å². The van der Waals surface area contributed by atoms with Crippen LogP contribution in [0.2, 0.25) is 5.02 Å². The number of nitrogens with two attached hydrogens (primary N) is 1. The highest BCUT2D eigenvalue weighted by Crippen LogP contribution is 2.24. The van der Waals surface area contributed by atoms with E-state index in [4.69, 9.17) is 22.2 Å². The van der Waals surface area contributed by atoms with E-state index < -0.39 is 0 Å². The summed E-state index contributed by atoms with van der Waals surface area (Å²) in [4.78, 5) is 4.08. The Hall–Kier alpha value is -1.30. The lowest BCUT2D eigenvalue weighted by Gasteiger charge is -2.10. The topological polar surface area (TPSA) is 60.2 Å². The van der Waals surface area contributed by atoms with E-state index in [0.717, 1.165) is 26.4 Å². The molecule has 19 heavy (non-hydrogen) atoms. The average Bonchev–Trinajstić information content (AvgIpc) is 2.41. The second-order valence-electron chi connectivity index (χ2n) is 4.00. The van der Waals surface area contributed by atoms with Crippen LogP contribution >= 0.6 is 27.5 Å². The van der Waals surface area contributed by atoms with E-state index in [2.05, 4.69) is 26.3 Å². The first-order chi connectivity index (χ1) is 9.10. The molecule has 2 aromatic rings. The monoisotopic (exact) mass is 341 g/mol. The molecule has 0 fully saturated rings. The number of nitrogens with one attached hydrogen (secondary N) is 1. The van der Waals surface area contributed by atoms with E-state index in [0.29, 0.717) is 12.4 Å². The number of benzene rings is 1. The Morgan fingerprint density at radius 1 is 1.42 bits per heavy atom. The molecule has 0 radical (unpaired) electrons. The maximum absolute atomic E-state index is 5.97. The Kier molecular flexibility index (Phi) is 4.63. The van der Waals surface area contributed by atoms with Gasteiger partial charge < -0.3 is 10.2 Å². The predicted molar refractivity (Wildman–Crippen MR) is 80.3 cm³/mol.